The highest BCUT2D eigenvalue weighted by Gasteiger charge is 1.99. The highest BCUT2D eigenvalue weighted by atomic mass is 35.5. The molecule has 1 heterocycles. The van der Waals surface area contributed by atoms with Gasteiger partial charge in [0.1, 0.15) is 0 Å². The van der Waals surface area contributed by atoms with Crippen LogP contribution in [0.5, 0.6) is 0 Å². The van der Waals surface area contributed by atoms with Crippen LogP contribution in [-0.4, -0.2) is 23.2 Å². The third-order valence-electron chi connectivity index (χ3n) is 0.709. The highest BCUT2D eigenvalue weighted by Crippen LogP contribution is 1.85. The summed E-state index contributed by atoms with van der Waals surface area (Å²) in [6.45, 7) is 0. The van der Waals surface area contributed by atoms with Gasteiger partial charge in [0, 0.05) is 6.08 Å². The Kier molecular flexibility index (Phi) is 5.70. The van der Waals surface area contributed by atoms with Crippen LogP contribution in [0.4, 0.5) is 0 Å². The Hall–Kier alpha value is -0.670. The summed E-state index contributed by atoms with van der Waals surface area (Å²) in [4.78, 5) is 23.6. The van der Waals surface area contributed by atoms with Crippen molar-refractivity contribution in [3.8, 4) is 0 Å². The van der Waals surface area contributed by atoms with Crippen LogP contribution in [0.3, 0.4) is 0 Å². The predicted octanol–water partition coefficient (Wildman–Crippen LogP) is 1.14. The number of ketones is 1. The zero-order chi connectivity index (χ0) is 8.69. The van der Waals surface area contributed by atoms with E-state index < -0.39 is 0 Å². The average Bonchev–Trinajstić information content (AvgIpc) is 1.97. The van der Waals surface area contributed by atoms with E-state index in [9.17, 15) is 9.59 Å². The Morgan fingerprint density at radius 3 is 2.09 bits per heavy atom. The van der Waals surface area contributed by atoms with Gasteiger partial charge in [-0.15, -0.1) is 23.2 Å². The van der Waals surface area contributed by atoms with Crippen LogP contribution in [0.1, 0.15) is 0 Å². The first-order valence-electron chi connectivity index (χ1n) is 2.62. The molecular formula is C6H5Cl2NO2. The van der Waals surface area contributed by atoms with Gasteiger partial charge < -0.3 is 0 Å². The second-order valence-electron chi connectivity index (χ2n) is 1.43. The van der Waals surface area contributed by atoms with Crippen molar-refractivity contribution >= 4 is 41.1 Å². The molecule has 0 unspecified atom stereocenters. The molecule has 1 aliphatic heterocycles. The van der Waals surface area contributed by atoms with E-state index in [1.54, 1.807) is 0 Å². The van der Waals surface area contributed by atoms with E-state index in [0.29, 0.717) is 0 Å². The number of allylic oxidation sites excluding steroid dienone is 1. The summed E-state index contributed by atoms with van der Waals surface area (Å²) in [6.07, 6.45) is 3.33. The Morgan fingerprint density at radius 2 is 1.82 bits per heavy atom. The zero-order valence-corrected chi connectivity index (χ0v) is 6.97. The van der Waals surface area contributed by atoms with Crippen LogP contribution < -0.4 is 0 Å². The standard InChI is InChI=1S/C5H3NO2.CH2Cl2/c7-4-1-2-5(8)6-3-4;2-1-3/h1-3H;1H2. The van der Waals surface area contributed by atoms with Crippen molar-refractivity contribution in [2.75, 3.05) is 5.34 Å². The van der Waals surface area contributed by atoms with E-state index in [1.165, 1.54) is 6.08 Å². The van der Waals surface area contributed by atoms with Gasteiger partial charge in [0.05, 0.1) is 11.6 Å². The van der Waals surface area contributed by atoms with E-state index >= 15 is 0 Å². The zero-order valence-electron chi connectivity index (χ0n) is 5.46. The number of rotatable bonds is 0. The van der Waals surface area contributed by atoms with Crippen molar-refractivity contribution in [3.05, 3.63) is 12.2 Å². The Morgan fingerprint density at radius 1 is 1.27 bits per heavy atom. The smallest absolute Gasteiger partial charge is 0.269 e. The largest absolute Gasteiger partial charge is 0.288 e. The molecule has 11 heavy (non-hydrogen) atoms. The van der Waals surface area contributed by atoms with Gasteiger partial charge in [0.15, 0.2) is 5.78 Å². The molecule has 0 aromatic heterocycles. The summed E-state index contributed by atoms with van der Waals surface area (Å²) >= 11 is 9.53. The fourth-order valence-electron chi connectivity index (χ4n) is 0.367. The van der Waals surface area contributed by atoms with E-state index in [-0.39, 0.29) is 17.0 Å². The lowest BCUT2D eigenvalue weighted by Crippen LogP contribution is -2.03. The lowest BCUT2D eigenvalue weighted by molar-refractivity contribution is -0.115. The summed E-state index contributed by atoms with van der Waals surface area (Å²) in [5.41, 5.74) is 0. The second kappa shape index (κ2) is 6.07. The van der Waals surface area contributed by atoms with Gasteiger partial charge in [0.2, 0.25) is 0 Å². The summed E-state index contributed by atoms with van der Waals surface area (Å²) in [5.74, 6) is -0.603. The molecule has 0 bridgehead atoms. The minimum Gasteiger partial charge on any atom is -0.288 e. The minimum atomic E-state index is -0.371. The van der Waals surface area contributed by atoms with E-state index in [2.05, 4.69) is 4.99 Å². The molecule has 0 fully saturated rings. The van der Waals surface area contributed by atoms with Crippen LogP contribution in [0, 0.1) is 0 Å². The number of halogens is 2. The minimum absolute atomic E-state index is 0.194. The van der Waals surface area contributed by atoms with Gasteiger partial charge in [0.25, 0.3) is 5.91 Å². The maximum absolute atomic E-state index is 10.2. The summed E-state index contributed by atoms with van der Waals surface area (Å²) < 4.78 is 0. The van der Waals surface area contributed by atoms with Crippen molar-refractivity contribution in [1.29, 1.82) is 0 Å². The first-order chi connectivity index (χ1) is 5.20. The maximum Gasteiger partial charge on any atom is 0.269 e. The summed E-state index contributed by atoms with van der Waals surface area (Å²) in [6, 6.07) is 0. The monoisotopic (exact) mass is 193 g/mol. The van der Waals surface area contributed by atoms with Crippen molar-refractivity contribution in [1.82, 2.24) is 0 Å². The third kappa shape index (κ3) is 5.76. The molecule has 1 amide bonds. The topological polar surface area (TPSA) is 46.5 Å². The number of nitrogens with zero attached hydrogens (tertiary/aromatic N) is 1. The lowest BCUT2D eigenvalue weighted by Gasteiger charge is -1.87. The number of hydrogen-bond acceptors (Lipinski definition) is 2. The van der Waals surface area contributed by atoms with E-state index in [4.69, 9.17) is 23.2 Å². The number of carbonyl (C=O) groups is 2. The van der Waals surface area contributed by atoms with Gasteiger partial charge in [-0.2, -0.15) is 0 Å². The van der Waals surface area contributed by atoms with Crippen molar-refractivity contribution in [2.45, 2.75) is 0 Å². The Balaban J connectivity index is 0.000000292. The molecule has 1 rings (SSSR count). The molecule has 1 aliphatic rings. The number of amides is 1. The molecular weight excluding hydrogens is 189 g/mol. The number of dihydropyridines is 1. The molecule has 3 nitrogen and oxygen atoms in total. The van der Waals surface area contributed by atoms with Gasteiger partial charge >= 0.3 is 0 Å². The molecule has 0 saturated heterocycles. The Bertz CT molecular complexity index is 173. The fraction of sp³-hybridized carbons (Fsp3) is 0.167. The second-order valence-corrected chi connectivity index (χ2v) is 2.24. The molecule has 60 valence electrons. The normalized spacial score (nSPS) is 14.4. The number of carbonyl (C=O) groups excluding carboxylic acids is 2. The molecule has 5 heteroatoms. The van der Waals surface area contributed by atoms with Crippen molar-refractivity contribution in [2.24, 2.45) is 4.99 Å². The average molecular weight is 194 g/mol. The van der Waals surface area contributed by atoms with Crippen LogP contribution in [-0.2, 0) is 9.59 Å². The number of hydrogen-bond donors (Lipinski definition) is 0. The van der Waals surface area contributed by atoms with Gasteiger partial charge in [-0.05, 0) is 6.08 Å². The fourth-order valence-corrected chi connectivity index (χ4v) is 0.367. The number of aliphatic imine (C=N–C) groups is 1. The van der Waals surface area contributed by atoms with Crippen LogP contribution >= 0.6 is 23.2 Å². The van der Waals surface area contributed by atoms with Gasteiger partial charge in [-0.1, -0.05) is 0 Å². The molecule has 0 aliphatic carbocycles. The molecule has 0 spiro atoms. The Labute approximate surface area is 73.7 Å². The van der Waals surface area contributed by atoms with Crippen LogP contribution in [0.2, 0.25) is 0 Å². The number of alkyl halides is 2. The van der Waals surface area contributed by atoms with Crippen molar-refractivity contribution in [3.63, 3.8) is 0 Å². The quantitative estimate of drug-likeness (QED) is 0.543. The summed E-state index contributed by atoms with van der Waals surface area (Å²) in [7, 11) is 0. The third-order valence-corrected chi connectivity index (χ3v) is 0.709. The van der Waals surface area contributed by atoms with Crippen LogP contribution in [0.25, 0.3) is 0 Å². The van der Waals surface area contributed by atoms with E-state index in [0.717, 1.165) is 12.3 Å². The first kappa shape index (κ1) is 10.3. The van der Waals surface area contributed by atoms with E-state index in [1.807, 2.05) is 0 Å². The molecule has 0 aromatic carbocycles. The molecule has 0 atom stereocenters. The van der Waals surface area contributed by atoms with Crippen molar-refractivity contribution < 1.29 is 9.59 Å². The molecule has 0 radical (unpaired) electrons. The highest BCUT2D eigenvalue weighted by molar-refractivity contribution is 6.40. The first-order valence-corrected chi connectivity index (χ1v) is 3.69. The SMILES string of the molecule is ClCCl.O=C1C=CC(=O)N=C1. The molecule has 0 aromatic rings. The lowest BCUT2D eigenvalue weighted by atomic mass is 10.3. The van der Waals surface area contributed by atoms with Gasteiger partial charge in [-0.3, -0.25) is 9.59 Å². The maximum atomic E-state index is 10.2. The molecule has 0 N–H and O–H groups in total. The molecule has 0 saturated carbocycles. The van der Waals surface area contributed by atoms with Crippen LogP contribution in [0.15, 0.2) is 17.1 Å². The predicted molar refractivity (Wildman–Crippen MR) is 44.2 cm³/mol. The summed E-state index contributed by atoms with van der Waals surface area (Å²) in [5, 5.41) is 0.194. The van der Waals surface area contributed by atoms with Gasteiger partial charge in [-0.25, -0.2) is 4.99 Å².